The van der Waals surface area contributed by atoms with E-state index in [1.807, 2.05) is 49.6 Å². The van der Waals surface area contributed by atoms with Crippen molar-refractivity contribution < 1.29 is 4.79 Å². The Hall–Kier alpha value is -2.89. The molecule has 1 amide bonds. The molecule has 0 radical (unpaired) electrons. The van der Waals surface area contributed by atoms with E-state index in [0.717, 1.165) is 24.2 Å². The summed E-state index contributed by atoms with van der Waals surface area (Å²) in [6.45, 7) is 0.600. The molecule has 0 spiro atoms. The van der Waals surface area contributed by atoms with Crippen LogP contribution < -0.4 is 10.2 Å². The van der Waals surface area contributed by atoms with Gasteiger partial charge in [0.05, 0.1) is 17.3 Å². The number of aromatic nitrogens is 3. The largest absolute Gasteiger partial charge is 0.362 e. The summed E-state index contributed by atoms with van der Waals surface area (Å²) in [5.41, 5.74) is 1.68. The fourth-order valence-electron chi connectivity index (χ4n) is 2.66. The average Bonchev–Trinajstić information content (AvgIpc) is 3.01. The van der Waals surface area contributed by atoms with Crippen LogP contribution in [0.2, 0.25) is 0 Å². The minimum Gasteiger partial charge on any atom is -0.362 e. The zero-order valence-corrected chi connectivity index (χ0v) is 13.9. The van der Waals surface area contributed by atoms with Crippen molar-refractivity contribution in [3.8, 4) is 0 Å². The lowest BCUT2D eigenvalue weighted by Gasteiger charge is -2.15. The van der Waals surface area contributed by atoms with Gasteiger partial charge in [-0.1, -0.05) is 6.07 Å². The molecule has 0 fully saturated rings. The molecular weight excluding hydrogens is 302 g/mol. The highest BCUT2D eigenvalue weighted by Crippen LogP contribution is 2.14. The zero-order valence-electron chi connectivity index (χ0n) is 13.9. The summed E-state index contributed by atoms with van der Waals surface area (Å²) < 4.78 is 2.08. The van der Waals surface area contributed by atoms with E-state index in [0.29, 0.717) is 17.9 Å². The third-order valence-corrected chi connectivity index (χ3v) is 3.83. The molecule has 0 aliphatic carbocycles. The molecule has 0 unspecified atom stereocenters. The topological polar surface area (TPSA) is 62.5 Å². The molecule has 3 aromatic heterocycles. The van der Waals surface area contributed by atoms with Crippen LogP contribution in [0.15, 0.2) is 48.9 Å². The number of imidazole rings is 1. The van der Waals surface area contributed by atoms with Crippen LogP contribution in [0, 0.1) is 0 Å². The summed E-state index contributed by atoms with van der Waals surface area (Å²) in [6, 6.07) is 9.59. The van der Waals surface area contributed by atoms with Crippen LogP contribution in [-0.4, -0.2) is 40.9 Å². The molecule has 0 atom stereocenters. The Morgan fingerprint density at radius 2 is 2.08 bits per heavy atom. The molecule has 3 heterocycles. The molecule has 0 saturated carbocycles. The molecule has 0 aliphatic rings. The molecule has 0 aromatic carbocycles. The predicted molar refractivity (Wildman–Crippen MR) is 94.4 cm³/mol. The molecule has 0 bridgehead atoms. The maximum absolute atomic E-state index is 12.3. The van der Waals surface area contributed by atoms with E-state index in [1.165, 1.54) is 0 Å². The zero-order chi connectivity index (χ0) is 16.9. The number of pyridine rings is 2. The smallest absolute Gasteiger partial charge is 0.255 e. The van der Waals surface area contributed by atoms with Crippen molar-refractivity contribution in [3.63, 3.8) is 0 Å². The minimum absolute atomic E-state index is 0.0974. The highest BCUT2D eigenvalue weighted by atomic mass is 16.1. The van der Waals surface area contributed by atoms with Crippen molar-refractivity contribution in [2.45, 2.75) is 12.8 Å². The molecular formula is C18H21N5O. The lowest BCUT2D eigenvalue weighted by atomic mass is 10.2. The molecule has 3 aromatic rings. The predicted octanol–water partition coefficient (Wildman–Crippen LogP) is 2.16. The van der Waals surface area contributed by atoms with Gasteiger partial charge >= 0.3 is 0 Å². The molecule has 24 heavy (non-hydrogen) atoms. The van der Waals surface area contributed by atoms with Gasteiger partial charge in [0, 0.05) is 39.5 Å². The Morgan fingerprint density at radius 1 is 1.21 bits per heavy atom. The summed E-state index contributed by atoms with van der Waals surface area (Å²) in [7, 11) is 3.75. The second-order valence-corrected chi connectivity index (χ2v) is 5.80. The Balaban J connectivity index is 1.56. The monoisotopic (exact) mass is 323 g/mol. The lowest BCUT2D eigenvalue weighted by molar-refractivity contribution is 0.0953. The number of hydrogen-bond donors (Lipinski definition) is 1. The summed E-state index contributed by atoms with van der Waals surface area (Å²) in [5.74, 6) is 1.59. The second-order valence-electron chi connectivity index (χ2n) is 5.80. The third kappa shape index (κ3) is 3.37. The quantitative estimate of drug-likeness (QED) is 0.706. The van der Waals surface area contributed by atoms with E-state index in [2.05, 4.69) is 19.7 Å². The number of carbonyl (C=O) groups is 1. The van der Waals surface area contributed by atoms with Crippen molar-refractivity contribution in [3.05, 3.63) is 60.3 Å². The Labute approximate surface area is 141 Å². The van der Waals surface area contributed by atoms with E-state index in [-0.39, 0.29) is 5.91 Å². The molecule has 6 nitrogen and oxygen atoms in total. The normalized spacial score (nSPS) is 10.8. The van der Waals surface area contributed by atoms with E-state index >= 15 is 0 Å². The van der Waals surface area contributed by atoms with Gasteiger partial charge in [-0.15, -0.1) is 0 Å². The maximum Gasteiger partial charge on any atom is 0.255 e. The average molecular weight is 323 g/mol. The number of anilines is 1. The van der Waals surface area contributed by atoms with Gasteiger partial charge in [0.25, 0.3) is 5.91 Å². The summed E-state index contributed by atoms with van der Waals surface area (Å²) >= 11 is 0. The van der Waals surface area contributed by atoms with Gasteiger partial charge in [-0.2, -0.15) is 0 Å². The lowest BCUT2D eigenvalue weighted by Crippen LogP contribution is -2.27. The third-order valence-electron chi connectivity index (χ3n) is 3.83. The van der Waals surface area contributed by atoms with Gasteiger partial charge in [-0.25, -0.2) is 9.97 Å². The van der Waals surface area contributed by atoms with Gasteiger partial charge in [-0.3, -0.25) is 4.79 Å². The molecule has 0 aliphatic heterocycles. The number of nitrogens with zero attached hydrogens (tertiary/aromatic N) is 4. The molecule has 3 rings (SSSR count). The Morgan fingerprint density at radius 3 is 2.92 bits per heavy atom. The number of rotatable bonds is 6. The van der Waals surface area contributed by atoms with Crippen LogP contribution in [0.5, 0.6) is 0 Å². The first-order valence-corrected chi connectivity index (χ1v) is 7.98. The molecule has 0 saturated heterocycles. The fraction of sp³-hybridized carbons (Fsp3) is 0.278. The summed E-state index contributed by atoms with van der Waals surface area (Å²) in [4.78, 5) is 22.9. The second kappa shape index (κ2) is 7.12. The number of carbonyl (C=O) groups excluding carboxylic acids is 1. The van der Waals surface area contributed by atoms with Crippen LogP contribution in [-0.2, 0) is 6.42 Å². The van der Waals surface area contributed by atoms with Crippen molar-refractivity contribution in [1.29, 1.82) is 0 Å². The van der Waals surface area contributed by atoms with E-state index < -0.39 is 0 Å². The fourth-order valence-corrected chi connectivity index (χ4v) is 2.66. The Bertz CT molecular complexity index is 840. The highest BCUT2D eigenvalue weighted by molar-refractivity contribution is 5.98. The van der Waals surface area contributed by atoms with Crippen LogP contribution in [0.4, 0.5) is 5.82 Å². The van der Waals surface area contributed by atoms with Gasteiger partial charge in [-0.05, 0) is 30.7 Å². The van der Waals surface area contributed by atoms with E-state index in [4.69, 9.17) is 0 Å². The van der Waals surface area contributed by atoms with E-state index in [1.54, 1.807) is 18.3 Å². The van der Waals surface area contributed by atoms with Crippen molar-refractivity contribution in [2.24, 2.45) is 0 Å². The first-order chi connectivity index (χ1) is 11.7. The number of hydrogen-bond acceptors (Lipinski definition) is 4. The number of nitrogens with one attached hydrogen (secondary N) is 1. The molecule has 6 heteroatoms. The summed E-state index contributed by atoms with van der Waals surface area (Å²) in [5, 5.41) is 2.96. The SMILES string of the molecule is CN(C)c1ncccc1C(=O)NCCCc1ncc2ccccn12. The van der Waals surface area contributed by atoms with Gasteiger partial charge in [0.15, 0.2) is 0 Å². The Kier molecular flexibility index (Phi) is 4.74. The van der Waals surface area contributed by atoms with Crippen molar-refractivity contribution in [1.82, 2.24) is 19.7 Å². The molecule has 124 valence electrons. The number of amides is 1. The maximum atomic E-state index is 12.3. The van der Waals surface area contributed by atoms with E-state index in [9.17, 15) is 4.79 Å². The standard InChI is InChI=1S/C18H21N5O/c1-22(2)17-15(8-5-10-19-17)18(24)20-11-6-9-16-21-13-14-7-3-4-12-23(14)16/h3-5,7-8,10,12-13H,6,9,11H2,1-2H3,(H,20,24). The van der Waals surface area contributed by atoms with Crippen LogP contribution in [0.3, 0.4) is 0 Å². The van der Waals surface area contributed by atoms with Gasteiger partial charge < -0.3 is 14.6 Å². The van der Waals surface area contributed by atoms with Crippen LogP contribution in [0.1, 0.15) is 22.6 Å². The number of aryl methyl sites for hydroxylation is 1. The van der Waals surface area contributed by atoms with Crippen molar-refractivity contribution in [2.75, 3.05) is 25.5 Å². The first kappa shape index (κ1) is 16.0. The minimum atomic E-state index is -0.0974. The summed E-state index contributed by atoms with van der Waals surface area (Å²) in [6.07, 6.45) is 7.21. The van der Waals surface area contributed by atoms with Crippen LogP contribution >= 0.6 is 0 Å². The van der Waals surface area contributed by atoms with Gasteiger partial charge in [0.1, 0.15) is 11.6 Å². The highest BCUT2D eigenvalue weighted by Gasteiger charge is 2.13. The van der Waals surface area contributed by atoms with Crippen LogP contribution in [0.25, 0.3) is 5.52 Å². The number of fused-ring (bicyclic) bond motifs is 1. The van der Waals surface area contributed by atoms with Crippen molar-refractivity contribution >= 4 is 17.2 Å². The van der Waals surface area contributed by atoms with Gasteiger partial charge in [0.2, 0.25) is 0 Å². The molecule has 1 N–H and O–H groups in total. The first-order valence-electron chi connectivity index (χ1n) is 7.98.